The van der Waals surface area contributed by atoms with Gasteiger partial charge in [0.05, 0.1) is 5.52 Å². The highest BCUT2D eigenvalue weighted by atomic mass is 35.5. The zero-order chi connectivity index (χ0) is 9.26. The molecule has 0 atom stereocenters. The van der Waals surface area contributed by atoms with Crippen molar-refractivity contribution in [3.63, 3.8) is 0 Å². The van der Waals surface area contributed by atoms with Crippen molar-refractivity contribution in [1.82, 2.24) is 4.98 Å². The Morgan fingerprint density at radius 1 is 1.14 bits per heavy atom. The van der Waals surface area contributed by atoms with Gasteiger partial charge in [0.1, 0.15) is 5.69 Å². The van der Waals surface area contributed by atoms with Crippen LogP contribution in [0.4, 0.5) is 0 Å². The van der Waals surface area contributed by atoms with Gasteiger partial charge in [-0.25, -0.2) is 4.98 Å². The number of hydrogen-bond acceptors (Lipinski definition) is 2. The molecule has 14 heavy (non-hydrogen) atoms. The highest BCUT2D eigenvalue weighted by Gasteiger charge is 2.03. The van der Waals surface area contributed by atoms with E-state index in [-0.39, 0.29) is 12.4 Å². The molecule has 0 bridgehead atoms. The van der Waals surface area contributed by atoms with Crippen molar-refractivity contribution in [3.05, 3.63) is 42.1 Å². The molecule has 1 aromatic carbocycles. The van der Waals surface area contributed by atoms with Crippen LogP contribution in [0.1, 0.15) is 10.5 Å². The summed E-state index contributed by atoms with van der Waals surface area (Å²) >= 11 is 5.30. The van der Waals surface area contributed by atoms with Gasteiger partial charge < -0.3 is 0 Å². The molecule has 0 radical (unpaired) electrons. The van der Waals surface area contributed by atoms with Gasteiger partial charge in [0.15, 0.2) is 0 Å². The molecular weight excluding hydrogens is 221 g/mol. The van der Waals surface area contributed by atoms with Gasteiger partial charge in [-0.3, -0.25) is 4.79 Å². The number of hydrogen-bond donors (Lipinski definition) is 0. The van der Waals surface area contributed by atoms with Gasteiger partial charge in [-0.2, -0.15) is 0 Å². The van der Waals surface area contributed by atoms with Crippen molar-refractivity contribution in [1.29, 1.82) is 0 Å². The summed E-state index contributed by atoms with van der Waals surface area (Å²) in [7, 11) is 0. The molecule has 4 heteroatoms. The molecule has 0 fully saturated rings. The Morgan fingerprint density at radius 3 is 2.57 bits per heavy atom. The molecule has 0 aliphatic carbocycles. The number of pyridine rings is 1. The number of halogens is 2. The molecule has 0 unspecified atom stereocenters. The van der Waals surface area contributed by atoms with E-state index in [1.54, 1.807) is 6.07 Å². The highest BCUT2D eigenvalue weighted by Crippen LogP contribution is 2.12. The third-order valence-electron chi connectivity index (χ3n) is 1.80. The lowest BCUT2D eigenvalue weighted by molar-refractivity contribution is 0.107. The zero-order valence-electron chi connectivity index (χ0n) is 7.11. The van der Waals surface area contributed by atoms with Crippen LogP contribution in [-0.4, -0.2) is 10.2 Å². The van der Waals surface area contributed by atoms with E-state index in [9.17, 15) is 4.79 Å². The van der Waals surface area contributed by atoms with Crippen molar-refractivity contribution < 1.29 is 4.79 Å². The Morgan fingerprint density at radius 2 is 1.86 bits per heavy atom. The first kappa shape index (κ1) is 11.0. The summed E-state index contributed by atoms with van der Waals surface area (Å²) in [5.74, 6) is 0. The van der Waals surface area contributed by atoms with Crippen molar-refractivity contribution in [2.45, 2.75) is 0 Å². The molecule has 0 saturated carbocycles. The molecule has 0 amide bonds. The van der Waals surface area contributed by atoms with Crippen molar-refractivity contribution in [2.75, 3.05) is 0 Å². The van der Waals surface area contributed by atoms with Crippen LogP contribution in [0, 0.1) is 0 Å². The third-order valence-corrected chi connectivity index (χ3v) is 1.99. The number of carbonyl (C=O) groups excluding carboxylic acids is 1. The summed E-state index contributed by atoms with van der Waals surface area (Å²) in [4.78, 5) is 14.9. The van der Waals surface area contributed by atoms with Crippen LogP contribution in [-0.2, 0) is 0 Å². The topological polar surface area (TPSA) is 30.0 Å². The molecule has 72 valence electrons. The Kier molecular flexibility index (Phi) is 3.44. The number of carbonyl (C=O) groups is 1. The number of benzene rings is 1. The summed E-state index contributed by atoms with van der Waals surface area (Å²) in [6.07, 6.45) is 0. The molecule has 2 rings (SSSR count). The normalized spacial score (nSPS) is 9.50. The van der Waals surface area contributed by atoms with E-state index in [4.69, 9.17) is 11.6 Å². The second-order valence-electron chi connectivity index (χ2n) is 2.66. The van der Waals surface area contributed by atoms with Gasteiger partial charge in [-0.1, -0.05) is 24.3 Å². The Bertz CT molecular complexity index is 470. The molecule has 0 N–H and O–H groups in total. The maximum absolute atomic E-state index is 10.8. The smallest absolute Gasteiger partial charge is 0.270 e. The lowest BCUT2D eigenvalue weighted by atomic mass is 10.2. The van der Waals surface area contributed by atoms with E-state index in [0.29, 0.717) is 5.69 Å². The second-order valence-corrected chi connectivity index (χ2v) is 3.01. The van der Waals surface area contributed by atoms with E-state index in [2.05, 4.69) is 4.98 Å². The molecule has 1 aromatic heterocycles. The molecule has 2 nitrogen and oxygen atoms in total. The van der Waals surface area contributed by atoms with E-state index < -0.39 is 5.24 Å². The van der Waals surface area contributed by atoms with Gasteiger partial charge in [0.2, 0.25) is 0 Å². The first-order valence-corrected chi connectivity index (χ1v) is 4.21. The van der Waals surface area contributed by atoms with Crippen LogP contribution >= 0.6 is 24.0 Å². The summed E-state index contributed by atoms with van der Waals surface area (Å²) in [6, 6.07) is 11.0. The van der Waals surface area contributed by atoms with E-state index >= 15 is 0 Å². The standard InChI is InChI=1S/C10H6ClNO.ClH/c11-10(13)9-6-5-7-3-1-2-4-8(7)12-9;/h1-6H;1H. The summed E-state index contributed by atoms with van der Waals surface area (Å²) in [6.45, 7) is 0. The fourth-order valence-corrected chi connectivity index (χ4v) is 1.28. The second kappa shape index (κ2) is 4.40. The van der Waals surface area contributed by atoms with Gasteiger partial charge in [0.25, 0.3) is 5.24 Å². The van der Waals surface area contributed by atoms with Crippen LogP contribution in [0.15, 0.2) is 36.4 Å². The lowest BCUT2D eigenvalue weighted by Gasteiger charge is -1.97. The number of nitrogens with zero attached hydrogens (tertiary/aromatic N) is 1. The minimum atomic E-state index is -0.522. The van der Waals surface area contributed by atoms with Gasteiger partial charge in [0, 0.05) is 5.39 Å². The summed E-state index contributed by atoms with van der Waals surface area (Å²) in [5, 5.41) is 0.481. The predicted molar refractivity (Wildman–Crippen MR) is 59.2 cm³/mol. The molecule has 0 saturated heterocycles. The molecule has 1 heterocycles. The fraction of sp³-hybridized carbons (Fsp3) is 0. The first-order valence-electron chi connectivity index (χ1n) is 3.83. The fourth-order valence-electron chi connectivity index (χ4n) is 1.18. The first-order chi connectivity index (χ1) is 6.27. The maximum Gasteiger partial charge on any atom is 0.270 e. The van der Waals surface area contributed by atoms with Crippen LogP contribution in [0.25, 0.3) is 10.9 Å². The Labute approximate surface area is 92.3 Å². The maximum atomic E-state index is 10.8. The van der Waals surface area contributed by atoms with Gasteiger partial charge in [-0.05, 0) is 23.7 Å². The minimum Gasteiger partial charge on any atom is -0.274 e. The highest BCUT2D eigenvalue weighted by molar-refractivity contribution is 6.67. The van der Waals surface area contributed by atoms with Crippen molar-refractivity contribution >= 4 is 40.2 Å². The van der Waals surface area contributed by atoms with E-state index in [1.807, 2.05) is 30.3 Å². The number of fused-ring (bicyclic) bond motifs is 1. The monoisotopic (exact) mass is 227 g/mol. The zero-order valence-corrected chi connectivity index (χ0v) is 8.68. The van der Waals surface area contributed by atoms with Gasteiger partial charge in [-0.15, -0.1) is 12.4 Å². The van der Waals surface area contributed by atoms with Crippen LogP contribution in [0.5, 0.6) is 0 Å². The number of para-hydroxylation sites is 1. The number of rotatable bonds is 1. The molecule has 0 spiro atoms. The lowest BCUT2D eigenvalue weighted by Crippen LogP contribution is -1.93. The Hall–Kier alpha value is -1.12. The molecule has 0 aliphatic rings. The largest absolute Gasteiger partial charge is 0.274 e. The Balaban J connectivity index is 0.000000980. The molecule has 0 aliphatic heterocycles. The predicted octanol–water partition coefficient (Wildman–Crippen LogP) is 3.04. The van der Waals surface area contributed by atoms with Gasteiger partial charge >= 0.3 is 0 Å². The van der Waals surface area contributed by atoms with Crippen LogP contribution < -0.4 is 0 Å². The molecular formula is C10H7Cl2NO. The third kappa shape index (κ3) is 2.03. The van der Waals surface area contributed by atoms with Crippen molar-refractivity contribution in [3.8, 4) is 0 Å². The van der Waals surface area contributed by atoms with Crippen LogP contribution in [0.2, 0.25) is 0 Å². The quantitative estimate of drug-likeness (QED) is 0.702. The number of aromatic nitrogens is 1. The van der Waals surface area contributed by atoms with E-state index in [1.165, 1.54) is 0 Å². The van der Waals surface area contributed by atoms with Crippen molar-refractivity contribution in [2.24, 2.45) is 0 Å². The minimum absolute atomic E-state index is 0. The summed E-state index contributed by atoms with van der Waals surface area (Å²) < 4.78 is 0. The molecule has 2 aromatic rings. The van der Waals surface area contributed by atoms with E-state index in [0.717, 1.165) is 10.9 Å². The average Bonchev–Trinajstić information content (AvgIpc) is 2.17. The SMILES string of the molecule is Cl.O=C(Cl)c1ccc2ccccc2n1. The average molecular weight is 228 g/mol. The summed E-state index contributed by atoms with van der Waals surface area (Å²) in [5.41, 5.74) is 1.08. The van der Waals surface area contributed by atoms with Crippen LogP contribution in [0.3, 0.4) is 0 Å².